The van der Waals surface area contributed by atoms with Crippen molar-refractivity contribution in [1.29, 1.82) is 0 Å². The van der Waals surface area contributed by atoms with Crippen molar-refractivity contribution in [3.63, 3.8) is 0 Å². The van der Waals surface area contributed by atoms with Crippen molar-refractivity contribution in [2.45, 2.75) is 29.9 Å². The molecule has 7 nitrogen and oxygen atoms in total. The van der Waals surface area contributed by atoms with Crippen LogP contribution in [0.1, 0.15) is 24.5 Å². The Morgan fingerprint density at radius 1 is 1.23 bits per heavy atom. The zero-order chi connectivity index (χ0) is 22.8. The van der Waals surface area contributed by atoms with E-state index >= 15 is 0 Å². The van der Waals surface area contributed by atoms with Gasteiger partial charge in [0.2, 0.25) is 0 Å². The number of hydrogen-bond acceptors (Lipinski definition) is 6. The van der Waals surface area contributed by atoms with E-state index in [-0.39, 0.29) is 5.75 Å². The zero-order valence-corrected chi connectivity index (χ0v) is 19.5. The van der Waals surface area contributed by atoms with Gasteiger partial charge in [-0.15, -0.1) is 11.8 Å². The Balaban J connectivity index is 2.22. The third-order valence-electron chi connectivity index (χ3n) is 4.39. The molecular formula is C22H24BrNO6S. The minimum absolute atomic E-state index is 0.0477. The average Bonchev–Trinajstić information content (AvgIpc) is 2.74. The predicted octanol–water partition coefficient (Wildman–Crippen LogP) is 5.60. The Morgan fingerprint density at radius 2 is 1.94 bits per heavy atom. The number of thioether (sulfide) groups is 1. The number of methoxy groups -OCH3 is 1. The molecule has 0 aliphatic heterocycles. The predicted molar refractivity (Wildman–Crippen MR) is 124 cm³/mol. The van der Waals surface area contributed by atoms with Crippen LogP contribution in [0.15, 0.2) is 64.0 Å². The molecule has 9 heteroatoms. The normalized spacial score (nSPS) is 13.0. The highest BCUT2D eigenvalue weighted by Crippen LogP contribution is 2.35. The van der Waals surface area contributed by atoms with Gasteiger partial charge in [0.1, 0.15) is 5.75 Å². The second-order valence-corrected chi connectivity index (χ2v) is 8.27. The minimum Gasteiger partial charge on any atom is -0.508 e. The molecule has 0 saturated heterocycles. The van der Waals surface area contributed by atoms with Crippen molar-refractivity contribution < 1.29 is 29.3 Å². The standard InChI is InChI=1S/C22H24BrNO6S/c1-29-19(5-3-4-6-20(26)27)21(17-13-14(23)7-12-18(17)25)30-22(28)24-15-8-10-16(31-2)11-9-15/h4,6-13,19,21,25H,3,5H2,1-2H3,(H,24,28)(H,26,27)/b6-4+/t19-,21-/m0/s1. The third kappa shape index (κ3) is 7.93. The number of phenolic OH excluding ortho intramolecular Hbond substituents is 1. The number of hydrogen-bond donors (Lipinski definition) is 3. The van der Waals surface area contributed by atoms with Crippen LogP contribution in [0.4, 0.5) is 10.5 Å². The summed E-state index contributed by atoms with van der Waals surface area (Å²) in [6, 6.07) is 12.1. The van der Waals surface area contributed by atoms with Crippen molar-refractivity contribution in [2.75, 3.05) is 18.7 Å². The summed E-state index contributed by atoms with van der Waals surface area (Å²) in [7, 11) is 1.47. The summed E-state index contributed by atoms with van der Waals surface area (Å²) in [4.78, 5) is 24.3. The number of carbonyl (C=O) groups excluding carboxylic acids is 1. The van der Waals surface area contributed by atoms with Crippen molar-refractivity contribution in [1.82, 2.24) is 0 Å². The van der Waals surface area contributed by atoms with Crippen LogP contribution in [-0.2, 0) is 14.3 Å². The number of carboxylic acids is 1. The summed E-state index contributed by atoms with van der Waals surface area (Å²) in [5.74, 6) is -1.09. The van der Waals surface area contributed by atoms with Crippen LogP contribution in [0.5, 0.6) is 5.75 Å². The molecule has 2 aromatic carbocycles. The highest BCUT2D eigenvalue weighted by Gasteiger charge is 2.29. The number of allylic oxidation sites excluding steroid dienone is 1. The lowest BCUT2D eigenvalue weighted by molar-refractivity contribution is -0.131. The van der Waals surface area contributed by atoms with Crippen molar-refractivity contribution in [2.24, 2.45) is 0 Å². The van der Waals surface area contributed by atoms with Crippen LogP contribution in [0.25, 0.3) is 0 Å². The van der Waals surface area contributed by atoms with E-state index in [1.807, 2.05) is 18.4 Å². The Kier molecular flexibility index (Phi) is 9.90. The smallest absolute Gasteiger partial charge is 0.412 e. The molecule has 0 unspecified atom stereocenters. The maximum absolute atomic E-state index is 12.6. The monoisotopic (exact) mass is 509 g/mol. The lowest BCUT2D eigenvalue weighted by atomic mass is 9.99. The summed E-state index contributed by atoms with van der Waals surface area (Å²) < 4.78 is 11.9. The first kappa shape index (κ1) is 24.8. The summed E-state index contributed by atoms with van der Waals surface area (Å²) >= 11 is 4.95. The number of nitrogens with one attached hydrogen (secondary N) is 1. The number of rotatable bonds is 10. The van der Waals surface area contributed by atoms with Gasteiger partial charge in [0.15, 0.2) is 6.10 Å². The van der Waals surface area contributed by atoms with Gasteiger partial charge < -0.3 is 19.7 Å². The van der Waals surface area contributed by atoms with Gasteiger partial charge >= 0.3 is 12.1 Å². The van der Waals surface area contributed by atoms with E-state index < -0.39 is 24.3 Å². The molecule has 31 heavy (non-hydrogen) atoms. The maximum atomic E-state index is 12.6. The topological polar surface area (TPSA) is 105 Å². The largest absolute Gasteiger partial charge is 0.508 e. The van der Waals surface area contributed by atoms with E-state index in [1.165, 1.54) is 19.3 Å². The Bertz CT molecular complexity index is 919. The van der Waals surface area contributed by atoms with Gasteiger partial charge in [0.05, 0.1) is 6.10 Å². The number of phenols is 1. The highest BCUT2D eigenvalue weighted by molar-refractivity contribution is 9.10. The van der Waals surface area contributed by atoms with Crippen molar-refractivity contribution in [3.8, 4) is 5.75 Å². The van der Waals surface area contributed by atoms with Gasteiger partial charge in [-0.2, -0.15) is 0 Å². The minimum atomic E-state index is -1.04. The number of ether oxygens (including phenoxy) is 2. The molecule has 166 valence electrons. The van der Waals surface area contributed by atoms with E-state index in [1.54, 1.807) is 36.0 Å². The first-order valence-corrected chi connectivity index (χ1v) is 11.4. The Labute approximate surface area is 193 Å². The van der Waals surface area contributed by atoms with Crippen molar-refractivity contribution in [3.05, 3.63) is 64.7 Å². The quantitative estimate of drug-likeness (QED) is 0.282. The fourth-order valence-corrected chi connectivity index (χ4v) is 3.65. The molecule has 0 bridgehead atoms. The van der Waals surface area contributed by atoms with E-state index in [0.717, 1.165) is 11.0 Å². The zero-order valence-electron chi connectivity index (χ0n) is 17.1. The number of halogens is 1. The SMILES string of the molecule is CO[C@@H](CC/C=C/C(=O)O)[C@@H](OC(=O)Nc1ccc(SC)cc1)c1cc(Br)ccc1O. The van der Waals surface area contributed by atoms with Crippen LogP contribution >= 0.6 is 27.7 Å². The van der Waals surface area contributed by atoms with Gasteiger partial charge in [-0.1, -0.05) is 22.0 Å². The van der Waals surface area contributed by atoms with Gasteiger partial charge in [-0.3, -0.25) is 5.32 Å². The van der Waals surface area contributed by atoms with E-state index in [2.05, 4.69) is 21.2 Å². The van der Waals surface area contributed by atoms with Gasteiger partial charge in [0.25, 0.3) is 0 Å². The van der Waals surface area contributed by atoms with Gasteiger partial charge in [-0.25, -0.2) is 9.59 Å². The van der Waals surface area contributed by atoms with E-state index in [4.69, 9.17) is 14.6 Å². The lowest BCUT2D eigenvalue weighted by Gasteiger charge is -2.27. The highest BCUT2D eigenvalue weighted by atomic mass is 79.9. The Morgan fingerprint density at radius 3 is 2.55 bits per heavy atom. The molecule has 0 saturated carbocycles. The molecule has 0 aliphatic carbocycles. The summed E-state index contributed by atoms with van der Waals surface area (Å²) in [6.45, 7) is 0. The fourth-order valence-electron chi connectivity index (χ4n) is 2.87. The van der Waals surface area contributed by atoms with Crippen molar-refractivity contribution >= 4 is 45.4 Å². The molecular weight excluding hydrogens is 486 g/mol. The van der Waals surface area contributed by atoms with E-state index in [0.29, 0.717) is 28.6 Å². The molecule has 0 spiro atoms. The number of benzene rings is 2. The molecule has 3 N–H and O–H groups in total. The van der Waals surface area contributed by atoms with Crippen LogP contribution in [-0.4, -0.2) is 41.7 Å². The number of carboxylic acid groups (broad SMARTS) is 1. The number of aliphatic carboxylic acids is 1. The molecule has 2 rings (SSSR count). The first-order valence-electron chi connectivity index (χ1n) is 9.36. The molecule has 0 fully saturated rings. The first-order chi connectivity index (χ1) is 14.8. The summed E-state index contributed by atoms with van der Waals surface area (Å²) in [5.41, 5.74) is 0.940. The molecule has 1 amide bonds. The molecule has 0 radical (unpaired) electrons. The molecule has 0 heterocycles. The number of carbonyl (C=O) groups is 2. The molecule has 2 aromatic rings. The summed E-state index contributed by atoms with van der Waals surface area (Å²) in [6.07, 6.45) is 3.01. The molecule has 2 atom stereocenters. The lowest BCUT2D eigenvalue weighted by Crippen LogP contribution is -2.28. The Hall–Kier alpha value is -2.49. The summed E-state index contributed by atoms with van der Waals surface area (Å²) in [5, 5.41) is 21.8. The molecule has 0 aromatic heterocycles. The van der Waals surface area contributed by atoms with Crippen LogP contribution in [0.3, 0.4) is 0 Å². The second kappa shape index (κ2) is 12.4. The van der Waals surface area contributed by atoms with Crippen LogP contribution in [0.2, 0.25) is 0 Å². The molecule has 0 aliphatic rings. The number of amides is 1. The van der Waals surface area contributed by atoms with E-state index in [9.17, 15) is 14.7 Å². The number of anilines is 1. The average molecular weight is 510 g/mol. The second-order valence-electron chi connectivity index (χ2n) is 6.47. The van der Waals surface area contributed by atoms with Crippen LogP contribution < -0.4 is 5.32 Å². The maximum Gasteiger partial charge on any atom is 0.412 e. The van der Waals surface area contributed by atoms with Crippen LogP contribution in [0, 0.1) is 0 Å². The number of aromatic hydroxyl groups is 1. The van der Waals surface area contributed by atoms with Gasteiger partial charge in [0, 0.05) is 33.8 Å². The van der Waals surface area contributed by atoms with Gasteiger partial charge in [-0.05, 0) is 61.6 Å². The third-order valence-corrected chi connectivity index (χ3v) is 5.62. The fraction of sp³-hybridized carbons (Fsp3) is 0.273.